The maximum absolute atomic E-state index is 10.6. The van der Waals surface area contributed by atoms with E-state index in [1.165, 1.54) is 7.11 Å². The Balaban J connectivity index is 2.67. The molecule has 0 saturated heterocycles. The smallest absolute Gasteiger partial charge is 0.255 e. The molecule has 0 bridgehead atoms. The number of benzene rings is 1. The van der Waals surface area contributed by atoms with E-state index in [2.05, 4.69) is 5.32 Å². The minimum absolute atomic E-state index is 0.0942. The number of aliphatic hydroxyl groups is 1. The molecule has 0 spiro atoms. The van der Waals surface area contributed by atoms with Gasteiger partial charge in [-0.25, -0.2) is 0 Å². The molecular formula is C12H18N2O4. The third-order valence-electron chi connectivity index (χ3n) is 2.22. The Morgan fingerprint density at radius 2 is 2.22 bits per heavy atom. The molecule has 0 aromatic heterocycles. The molecule has 1 aromatic rings. The SMILES string of the molecule is COc1cc(CNCCO)ccc1OCC(N)=O. The number of nitrogens with one attached hydrogen (secondary N) is 1. The van der Waals surface area contributed by atoms with Crippen LogP contribution in [-0.2, 0) is 11.3 Å². The lowest BCUT2D eigenvalue weighted by molar-refractivity contribution is -0.119. The Kier molecular flexibility index (Phi) is 5.96. The van der Waals surface area contributed by atoms with E-state index < -0.39 is 5.91 Å². The van der Waals surface area contributed by atoms with Gasteiger partial charge in [0, 0.05) is 13.1 Å². The fourth-order valence-electron chi connectivity index (χ4n) is 1.40. The van der Waals surface area contributed by atoms with E-state index in [4.69, 9.17) is 20.3 Å². The zero-order chi connectivity index (χ0) is 13.4. The first-order valence-corrected chi connectivity index (χ1v) is 5.57. The van der Waals surface area contributed by atoms with E-state index in [-0.39, 0.29) is 13.2 Å². The number of hydrogen-bond acceptors (Lipinski definition) is 5. The molecule has 0 unspecified atom stereocenters. The summed E-state index contributed by atoms with van der Waals surface area (Å²) in [6.07, 6.45) is 0. The second-order valence-corrected chi connectivity index (χ2v) is 3.64. The van der Waals surface area contributed by atoms with Gasteiger partial charge < -0.3 is 25.6 Å². The number of carbonyl (C=O) groups is 1. The Morgan fingerprint density at radius 3 is 2.83 bits per heavy atom. The monoisotopic (exact) mass is 254 g/mol. The predicted molar refractivity (Wildman–Crippen MR) is 66.5 cm³/mol. The zero-order valence-corrected chi connectivity index (χ0v) is 10.3. The van der Waals surface area contributed by atoms with Gasteiger partial charge in [0.1, 0.15) is 0 Å². The zero-order valence-electron chi connectivity index (χ0n) is 10.3. The highest BCUT2D eigenvalue weighted by atomic mass is 16.5. The lowest BCUT2D eigenvalue weighted by Gasteiger charge is -2.11. The Bertz CT molecular complexity index is 396. The number of nitrogens with two attached hydrogens (primary N) is 1. The second kappa shape index (κ2) is 7.52. The minimum atomic E-state index is -0.536. The highest BCUT2D eigenvalue weighted by molar-refractivity contribution is 5.75. The van der Waals surface area contributed by atoms with E-state index >= 15 is 0 Å². The van der Waals surface area contributed by atoms with Gasteiger partial charge in [0.15, 0.2) is 18.1 Å². The quantitative estimate of drug-likeness (QED) is 0.551. The molecule has 6 heteroatoms. The Morgan fingerprint density at radius 1 is 1.44 bits per heavy atom. The maximum Gasteiger partial charge on any atom is 0.255 e. The van der Waals surface area contributed by atoms with Gasteiger partial charge in [0.2, 0.25) is 0 Å². The largest absolute Gasteiger partial charge is 0.493 e. The van der Waals surface area contributed by atoms with Crippen molar-refractivity contribution in [3.8, 4) is 11.5 Å². The average Bonchev–Trinajstić information content (AvgIpc) is 2.37. The molecule has 100 valence electrons. The molecule has 4 N–H and O–H groups in total. The number of amides is 1. The van der Waals surface area contributed by atoms with Crippen molar-refractivity contribution >= 4 is 5.91 Å². The Labute approximate surface area is 106 Å². The van der Waals surface area contributed by atoms with Crippen LogP contribution in [0, 0.1) is 0 Å². The van der Waals surface area contributed by atoms with E-state index in [9.17, 15) is 4.79 Å². The minimum Gasteiger partial charge on any atom is -0.493 e. The van der Waals surface area contributed by atoms with Crippen molar-refractivity contribution in [1.82, 2.24) is 5.32 Å². The van der Waals surface area contributed by atoms with Crippen molar-refractivity contribution in [1.29, 1.82) is 0 Å². The molecule has 6 nitrogen and oxygen atoms in total. The summed E-state index contributed by atoms with van der Waals surface area (Å²) in [4.78, 5) is 10.6. The lowest BCUT2D eigenvalue weighted by atomic mass is 10.2. The number of primary amides is 1. The second-order valence-electron chi connectivity index (χ2n) is 3.64. The summed E-state index contributed by atoms with van der Waals surface area (Å²) in [6.45, 7) is 1.06. The van der Waals surface area contributed by atoms with Gasteiger partial charge >= 0.3 is 0 Å². The van der Waals surface area contributed by atoms with Crippen molar-refractivity contribution < 1.29 is 19.4 Å². The maximum atomic E-state index is 10.6. The van der Waals surface area contributed by atoms with Crippen LogP contribution < -0.4 is 20.5 Å². The van der Waals surface area contributed by atoms with Gasteiger partial charge in [-0.2, -0.15) is 0 Å². The molecule has 0 aliphatic heterocycles. The lowest BCUT2D eigenvalue weighted by Crippen LogP contribution is -2.20. The summed E-state index contributed by atoms with van der Waals surface area (Å²) in [5, 5.41) is 11.7. The number of rotatable bonds is 8. The van der Waals surface area contributed by atoms with Crippen LogP contribution in [0.3, 0.4) is 0 Å². The van der Waals surface area contributed by atoms with Crippen molar-refractivity contribution in [3.63, 3.8) is 0 Å². The first kappa shape index (κ1) is 14.3. The molecule has 18 heavy (non-hydrogen) atoms. The average molecular weight is 254 g/mol. The fourth-order valence-corrected chi connectivity index (χ4v) is 1.40. The van der Waals surface area contributed by atoms with Crippen LogP contribution in [0.5, 0.6) is 11.5 Å². The number of ether oxygens (including phenoxy) is 2. The highest BCUT2D eigenvalue weighted by Crippen LogP contribution is 2.27. The third-order valence-corrected chi connectivity index (χ3v) is 2.22. The van der Waals surface area contributed by atoms with E-state index in [1.807, 2.05) is 6.07 Å². The normalized spacial score (nSPS) is 10.1. The predicted octanol–water partition coefficient (Wildman–Crippen LogP) is -0.359. The van der Waals surface area contributed by atoms with Crippen molar-refractivity contribution in [2.45, 2.75) is 6.54 Å². The molecule has 0 radical (unpaired) electrons. The molecule has 0 heterocycles. The first-order chi connectivity index (χ1) is 8.67. The van der Waals surface area contributed by atoms with Crippen LogP contribution in [0.2, 0.25) is 0 Å². The number of carbonyl (C=O) groups excluding carboxylic acids is 1. The van der Waals surface area contributed by atoms with Gasteiger partial charge in [0.25, 0.3) is 5.91 Å². The van der Waals surface area contributed by atoms with Crippen LogP contribution in [0.15, 0.2) is 18.2 Å². The summed E-state index contributed by atoms with van der Waals surface area (Å²) in [5.74, 6) is 0.479. The van der Waals surface area contributed by atoms with Gasteiger partial charge in [-0.15, -0.1) is 0 Å². The number of hydrogen-bond donors (Lipinski definition) is 3. The standard InChI is InChI=1S/C12H18N2O4/c1-17-11-6-9(7-14-4-5-15)2-3-10(11)18-8-12(13)16/h2-3,6,14-15H,4-5,7-8H2,1H3,(H2,13,16). The highest BCUT2D eigenvalue weighted by Gasteiger charge is 2.06. The van der Waals surface area contributed by atoms with Gasteiger partial charge in [-0.3, -0.25) is 4.79 Å². The summed E-state index contributed by atoms with van der Waals surface area (Å²) in [7, 11) is 1.53. The van der Waals surface area contributed by atoms with Crippen LogP contribution in [0.4, 0.5) is 0 Å². The summed E-state index contributed by atoms with van der Waals surface area (Å²) in [6, 6.07) is 5.38. The molecule has 0 atom stereocenters. The molecule has 0 aliphatic rings. The molecular weight excluding hydrogens is 236 g/mol. The molecule has 1 rings (SSSR count). The van der Waals surface area contributed by atoms with E-state index in [1.54, 1.807) is 12.1 Å². The van der Waals surface area contributed by atoms with Gasteiger partial charge in [-0.05, 0) is 17.7 Å². The first-order valence-electron chi connectivity index (χ1n) is 5.57. The molecule has 1 aromatic carbocycles. The van der Waals surface area contributed by atoms with Crippen molar-refractivity contribution in [2.75, 3.05) is 26.9 Å². The number of aliphatic hydroxyl groups excluding tert-OH is 1. The van der Waals surface area contributed by atoms with Crippen molar-refractivity contribution in [2.24, 2.45) is 5.73 Å². The summed E-state index contributed by atoms with van der Waals surface area (Å²) in [5.41, 5.74) is 6.00. The van der Waals surface area contributed by atoms with Gasteiger partial charge in [0.05, 0.1) is 13.7 Å². The van der Waals surface area contributed by atoms with Gasteiger partial charge in [-0.1, -0.05) is 6.07 Å². The third kappa shape index (κ3) is 4.60. The molecule has 0 fully saturated rings. The van der Waals surface area contributed by atoms with Crippen LogP contribution in [0.1, 0.15) is 5.56 Å². The Hall–Kier alpha value is -1.79. The van der Waals surface area contributed by atoms with Crippen LogP contribution in [0.25, 0.3) is 0 Å². The summed E-state index contributed by atoms with van der Waals surface area (Å²) >= 11 is 0. The van der Waals surface area contributed by atoms with E-state index in [0.717, 1.165) is 5.56 Å². The number of methoxy groups -OCH3 is 1. The van der Waals surface area contributed by atoms with Crippen molar-refractivity contribution in [3.05, 3.63) is 23.8 Å². The van der Waals surface area contributed by atoms with Crippen LogP contribution >= 0.6 is 0 Å². The van der Waals surface area contributed by atoms with Crippen LogP contribution in [-0.4, -0.2) is 37.9 Å². The topological polar surface area (TPSA) is 93.8 Å². The fraction of sp³-hybridized carbons (Fsp3) is 0.417. The molecule has 0 saturated carbocycles. The molecule has 0 aliphatic carbocycles. The summed E-state index contributed by atoms with van der Waals surface area (Å²) < 4.78 is 10.4. The van der Waals surface area contributed by atoms with E-state index in [0.29, 0.717) is 24.6 Å². The molecule has 1 amide bonds.